The van der Waals surface area contributed by atoms with Gasteiger partial charge in [-0.2, -0.15) is 0 Å². The van der Waals surface area contributed by atoms with Crippen molar-refractivity contribution in [2.75, 3.05) is 11.9 Å². The average molecular weight is 279 g/mol. The molecule has 1 unspecified atom stereocenters. The molecule has 1 atom stereocenters. The van der Waals surface area contributed by atoms with Crippen molar-refractivity contribution in [3.8, 4) is 0 Å². The SMILES string of the molecule is Cc1nc(CN(C)c2c(F)cccc2C(C)N)cs1. The van der Waals surface area contributed by atoms with Crippen molar-refractivity contribution in [2.45, 2.75) is 26.4 Å². The molecule has 0 radical (unpaired) electrons. The van der Waals surface area contributed by atoms with Crippen LogP contribution in [0.1, 0.15) is 29.2 Å². The molecule has 0 amide bonds. The number of nitrogens with zero attached hydrogens (tertiary/aromatic N) is 2. The molecule has 5 heteroatoms. The summed E-state index contributed by atoms with van der Waals surface area (Å²) in [5.74, 6) is -0.246. The molecule has 2 N–H and O–H groups in total. The Kier molecular flexibility index (Phi) is 4.17. The van der Waals surface area contributed by atoms with Gasteiger partial charge in [0.15, 0.2) is 0 Å². The van der Waals surface area contributed by atoms with Crippen molar-refractivity contribution in [3.63, 3.8) is 0 Å². The minimum absolute atomic E-state index is 0.203. The van der Waals surface area contributed by atoms with Gasteiger partial charge in [-0.05, 0) is 25.5 Å². The van der Waals surface area contributed by atoms with E-state index < -0.39 is 0 Å². The molecule has 0 saturated carbocycles. The first-order valence-electron chi connectivity index (χ1n) is 6.15. The molecule has 0 fully saturated rings. The summed E-state index contributed by atoms with van der Waals surface area (Å²) in [5.41, 5.74) is 8.23. The van der Waals surface area contributed by atoms with Gasteiger partial charge in [-0.15, -0.1) is 11.3 Å². The van der Waals surface area contributed by atoms with Crippen LogP contribution in [-0.2, 0) is 6.54 Å². The zero-order valence-corrected chi connectivity index (χ0v) is 12.2. The topological polar surface area (TPSA) is 42.2 Å². The van der Waals surface area contributed by atoms with Gasteiger partial charge in [0, 0.05) is 18.5 Å². The fourth-order valence-electron chi connectivity index (χ4n) is 2.11. The number of para-hydroxylation sites is 1. The van der Waals surface area contributed by atoms with E-state index in [0.29, 0.717) is 12.2 Å². The maximum absolute atomic E-state index is 14.1. The number of hydrogen-bond acceptors (Lipinski definition) is 4. The molecule has 0 aliphatic heterocycles. The highest BCUT2D eigenvalue weighted by Gasteiger charge is 2.16. The van der Waals surface area contributed by atoms with Crippen molar-refractivity contribution in [3.05, 3.63) is 45.7 Å². The van der Waals surface area contributed by atoms with Gasteiger partial charge >= 0.3 is 0 Å². The van der Waals surface area contributed by atoms with Crippen LogP contribution in [0.3, 0.4) is 0 Å². The monoisotopic (exact) mass is 279 g/mol. The predicted molar refractivity (Wildman–Crippen MR) is 78.0 cm³/mol. The number of anilines is 1. The quantitative estimate of drug-likeness (QED) is 0.934. The second-order valence-electron chi connectivity index (χ2n) is 4.68. The maximum Gasteiger partial charge on any atom is 0.146 e. The molecule has 0 bridgehead atoms. The number of rotatable bonds is 4. The van der Waals surface area contributed by atoms with Crippen molar-refractivity contribution >= 4 is 17.0 Å². The van der Waals surface area contributed by atoms with Gasteiger partial charge in [-0.3, -0.25) is 0 Å². The summed E-state index contributed by atoms with van der Waals surface area (Å²) in [5, 5.41) is 3.02. The lowest BCUT2D eigenvalue weighted by Gasteiger charge is -2.23. The van der Waals surface area contributed by atoms with Gasteiger partial charge in [0.1, 0.15) is 5.82 Å². The molecule has 2 rings (SSSR count). The molecule has 19 heavy (non-hydrogen) atoms. The Morgan fingerprint density at radius 2 is 2.21 bits per heavy atom. The molecule has 2 aromatic rings. The third kappa shape index (κ3) is 3.11. The third-order valence-electron chi connectivity index (χ3n) is 2.96. The molecule has 1 heterocycles. The second-order valence-corrected chi connectivity index (χ2v) is 5.74. The highest BCUT2D eigenvalue weighted by atomic mass is 32.1. The Hall–Kier alpha value is -1.46. The van der Waals surface area contributed by atoms with Crippen LogP contribution in [-0.4, -0.2) is 12.0 Å². The fraction of sp³-hybridized carbons (Fsp3) is 0.357. The fourth-order valence-corrected chi connectivity index (χ4v) is 2.71. The van der Waals surface area contributed by atoms with E-state index in [-0.39, 0.29) is 11.9 Å². The average Bonchev–Trinajstić information content (AvgIpc) is 2.74. The van der Waals surface area contributed by atoms with Crippen LogP contribution < -0.4 is 10.6 Å². The largest absolute Gasteiger partial charge is 0.366 e. The molecular weight excluding hydrogens is 261 g/mol. The summed E-state index contributed by atoms with van der Waals surface area (Å²) in [6.07, 6.45) is 0. The first kappa shape index (κ1) is 14.0. The van der Waals surface area contributed by atoms with E-state index in [0.717, 1.165) is 16.3 Å². The van der Waals surface area contributed by atoms with Crippen LogP contribution in [0.15, 0.2) is 23.6 Å². The Morgan fingerprint density at radius 1 is 1.47 bits per heavy atom. The number of nitrogens with two attached hydrogens (primary N) is 1. The summed E-state index contributed by atoms with van der Waals surface area (Å²) in [4.78, 5) is 6.27. The highest BCUT2D eigenvalue weighted by Crippen LogP contribution is 2.28. The minimum Gasteiger partial charge on any atom is -0.366 e. The van der Waals surface area contributed by atoms with E-state index in [1.54, 1.807) is 17.4 Å². The van der Waals surface area contributed by atoms with Crippen LogP contribution in [0.5, 0.6) is 0 Å². The van der Waals surface area contributed by atoms with Gasteiger partial charge in [0.25, 0.3) is 0 Å². The molecule has 102 valence electrons. The zero-order chi connectivity index (χ0) is 14.0. The van der Waals surface area contributed by atoms with Crippen LogP contribution in [0.4, 0.5) is 10.1 Å². The van der Waals surface area contributed by atoms with Gasteiger partial charge < -0.3 is 10.6 Å². The van der Waals surface area contributed by atoms with Gasteiger partial charge in [-0.1, -0.05) is 12.1 Å². The Morgan fingerprint density at radius 3 is 2.79 bits per heavy atom. The van der Waals surface area contributed by atoms with E-state index in [2.05, 4.69) is 4.98 Å². The zero-order valence-electron chi connectivity index (χ0n) is 11.4. The van der Waals surface area contributed by atoms with Gasteiger partial charge in [-0.25, -0.2) is 9.37 Å². The van der Waals surface area contributed by atoms with Gasteiger partial charge in [0.05, 0.1) is 22.9 Å². The van der Waals surface area contributed by atoms with Crippen molar-refractivity contribution in [2.24, 2.45) is 5.73 Å². The first-order valence-corrected chi connectivity index (χ1v) is 7.03. The van der Waals surface area contributed by atoms with Crippen molar-refractivity contribution < 1.29 is 4.39 Å². The molecule has 0 aliphatic carbocycles. The van der Waals surface area contributed by atoms with Crippen molar-refractivity contribution in [1.29, 1.82) is 0 Å². The number of aromatic nitrogens is 1. The smallest absolute Gasteiger partial charge is 0.146 e. The molecule has 0 saturated heterocycles. The lowest BCUT2D eigenvalue weighted by Crippen LogP contribution is -2.21. The Balaban J connectivity index is 2.30. The van der Waals surface area contributed by atoms with Crippen molar-refractivity contribution in [1.82, 2.24) is 4.98 Å². The molecule has 0 aliphatic rings. The molecule has 0 spiro atoms. The van der Waals surface area contributed by atoms with Crippen LogP contribution >= 0.6 is 11.3 Å². The lowest BCUT2D eigenvalue weighted by molar-refractivity contribution is 0.615. The van der Waals surface area contributed by atoms with E-state index in [9.17, 15) is 4.39 Å². The first-order chi connectivity index (χ1) is 8.99. The Bertz CT molecular complexity index is 566. The Labute approximate surface area is 116 Å². The second kappa shape index (κ2) is 5.67. The van der Waals surface area contributed by atoms with Crippen LogP contribution in [0.2, 0.25) is 0 Å². The summed E-state index contributed by atoms with van der Waals surface area (Å²) in [6, 6.07) is 4.82. The van der Waals surface area contributed by atoms with E-state index in [1.165, 1.54) is 6.07 Å². The van der Waals surface area contributed by atoms with Crippen LogP contribution in [0.25, 0.3) is 0 Å². The molecular formula is C14H18FN3S. The molecule has 1 aromatic carbocycles. The summed E-state index contributed by atoms with van der Waals surface area (Å²) >= 11 is 1.60. The van der Waals surface area contributed by atoms with E-state index >= 15 is 0 Å². The summed E-state index contributed by atoms with van der Waals surface area (Å²) < 4.78 is 14.1. The maximum atomic E-state index is 14.1. The summed E-state index contributed by atoms with van der Waals surface area (Å²) in [6.45, 7) is 4.40. The number of hydrogen-bond donors (Lipinski definition) is 1. The normalized spacial score (nSPS) is 12.5. The molecule has 1 aromatic heterocycles. The third-order valence-corrected chi connectivity index (χ3v) is 3.78. The number of aryl methyl sites for hydroxylation is 1. The standard InChI is InChI=1S/C14H18FN3S/c1-9(16)12-5-4-6-13(15)14(12)18(3)7-11-8-19-10(2)17-11/h4-6,8-9H,7,16H2,1-3H3. The number of halogens is 1. The number of benzene rings is 1. The van der Waals surface area contributed by atoms with E-state index in [4.69, 9.17) is 5.73 Å². The minimum atomic E-state index is -0.246. The van der Waals surface area contributed by atoms with Gasteiger partial charge in [0.2, 0.25) is 0 Å². The highest BCUT2D eigenvalue weighted by molar-refractivity contribution is 7.09. The number of thiazole rings is 1. The van der Waals surface area contributed by atoms with Crippen LogP contribution in [0, 0.1) is 12.7 Å². The summed E-state index contributed by atoms with van der Waals surface area (Å²) in [7, 11) is 1.86. The van der Waals surface area contributed by atoms with E-state index in [1.807, 2.05) is 37.2 Å². The lowest BCUT2D eigenvalue weighted by atomic mass is 10.1. The molecule has 3 nitrogen and oxygen atoms in total. The predicted octanol–water partition coefficient (Wildman–Crippen LogP) is 3.25.